The summed E-state index contributed by atoms with van der Waals surface area (Å²) >= 11 is 6.16. The number of anilines is 1. The molecule has 3 aromatic carbocycles. The molecule has 1 N–H and O–H groups in total. The predicted molar refractivity (Wildman–Crippen MR) is 131 cm³/mol. The Balaban J connectivity index is 1.88. The van der Waals surface area contributed by atoms with Crippen molar-refractivity contribution in [2.24, 2.45) is 0 Å². The number of aliphatic carboxylic acids is 1. The van der Waals surface area contributed by atoms with Crippen LogP contribution in [0.2, 0.25) is 5.02 Å². The van der Waals surface area contributed by atoms with Gasteiger partial charge in [-0.15, -0.1) is 0 Å². The van der Waals surface area contributed by atoms with Gasteiger partial charge in [0, 0.05) is 29.7 Å². The molecular weight excluding hydrogens is 420 g/mol. The first-order valence-corrected chi connectivity index (χ1v) is 11.2. The number of likely N-dealkylation sites (N-methyl/N-ethyl adjacent to an activating group) is 1. The first-order valence-electron chi connectivity index (χ1n) is 10.8. The van der Waals surface area contributed by atoms with E-state index in [0.717, 1.165) is 39.9 Å². The van der Waals surface area contributed by atoms with Crippen LogP contribution in [0.25, 0.3) is 22.0 Å². The molecule has 1 aromatic heterocycles. The van der Waals surface area contributed by atoms with Crippen LogP contribution in [0.5, 0.6) is 0 Å². The molecular formula is C27H25ClN2O2. The Morgan fingerprint density at radius 1 is 1.09 bits per heavy atom. The van der Waals surface area contributed by atoms with Gasteiger partial charge in [0.1, 0.15) is 0 Å². The van der Waals surface area contributed by atoms with Gasteiger partial charge < -0.3 is 14.6 Å². The summed E-state index contributed by atoms with van der Waals surface area (Å²) in [5.74, 6) is -0.827. The molecule has 4 nitrogen and oxygen atoms in total. The Morgan fingerprint density at radius 3 is 2.44 bits per heavy atom. The highest BCUT2D eigenvalue weighted by Crippen LogP contribution is 2.47. The van der Waals surface area contributed by atoms with E-state index < -0.39 is 5.97 Å². The summed E-state index contributed by atoms with van der Waals surface area (Å²) in [5.41, 5.74) is 8.60. The van der Waals surface area contributed by atoms with Gasteiger partial charge in [-0.25, -0.2) is 0 Å². The van der Waals surface area contributed by atoms with Crippen molar-refractivity contribution >= 4 is 34.2 Å². The fraction of sp³-hybridized carbons (Fsp3) is 0.222. The number of halogens is 1. The minimum atomic E-state index is -0.827. The molecule has 1 aliphatic heterocycles. The van der Waals surface area contributed by atoms with Gasteiger partial charge in [0.05, 0.1) is 23.7 Å². The molecule has 4 aromatic rings. The fourth-order valence-corrected chi connectivity index (χ4v) is 5.43. The first kappa shape index (κ1) is 20.7. The van der Waals surface area contributed by atoms with E-state index in [2.05, 4.69) is 60.7 Å². The lowest BCUT2D eigenvalue weighted by atomic mass is 9.88. The van der Waals surface area contributed by atoms with Crippen LogP contribution in [0.3, 0.4) is 0 Å². The highest BCUT2D eigenvalue weighted by atomic mass is 35.5. The molecule has 5 heteroatoms. The number of benzene rings is 3. The Kier molecular flexibility index (Phi) is 4.98. The van der Waals surface area contributed by atoms with Crippen molar-refractivity contribution in [1.29, 1.82) is 0 Å². The molecule has 162 valence electrons. The third-order valence-corrected chi connectivity index (χ3v) is 6.87. The van der Waals surface area contributed by atoms with Crippen LogP contribution in [-0.4, -0.2) is 29.2 Å². The van der Waals surface area contributed by atoms with Gasteiger partial charge in [-0.2, -0.15) is 0 Å². The van der Waals surface area contributed by atoms with Crippen LogP contribution >= 0.6 is 11.6 Å². The summed E-state index contributed by atoms with van der Waals surface area (Å²) in [6.07, 6.45) is -0.0209. The number of hydrogen-bond donors (Lipinski definition) is 1. The molecule has 0 bridgehead atoms. The largest absolute Gasteiger partial charge is 0.481 e. The van der Waals surface area contributed by atoms with E-state index in [1.807, 2.05) is 30.3 Å². The van der Waals surface area contributed by atoms with Gasteiger partial charge in [-0.05, 0) is 59.9 Å². The maximum absolute atomic E-state index is 11.9. The van der Waals surface area contributed by atoms with E-state index in [-0.39, 0.29) is 12.5 Å². The molecule has 0 aliphatic carbocycles. The van der Waals surface area contributed by atoms with Crippen molar-refractivity contribution in [2.45, 2.75) is 26.3 Å². The third-order valence-electron chi connectivity index (χ3n) is 6.62. The zero-order valence-electron chi connectivity index (χ0n) is 18.4. The zero-order chi connectivity index (χ0) is 22.6. The van der Waals surface area contributed by atoms with Gasteiger partial charge >= 0.3 is 5.97 Å². The molecule has 1 atom stereocenters. The lowest BCUT2D eigenvalue weighted by molar-refractivity contribution is -0.136. The van der Waals surface area contributed by atoms with Gasteiger partial charge in [0.15, 0.2) is 0 Å². The highest BCUT2D eigenvalue weighted by molar-refractivity contribution is 6.30. The summed E-state index contributed by atoms with van der Waals surface area (Å²) < 4.78 is 2.43. The molecule has 5 rings (SSSR count). The Hall–Kier alpha value is -3.24. The summed E-state index contributed by atoms with van der Waals surface area (Å²) in [7, 11) is 2.11. The number of carboxylic acids is 1. The molecule has 32 heavy (non-hydrogen) atoms. The van der Waals surface area contributed by atoms with E-state index in [4.69, 9.17) is 11.6 Å². The summed E-state index contributed by atoms with van der Waals surface area (Å²) in [5, 5.41) is 11.5. The minimum Gasteiger partial charge on any atom is -0.481 e. The SMILES string of the molecule is Cc1c(CC(=O)O)c(-c2ccc(Cl)cc2)c2cc(C)n3c2c1N(C)CC3c1ccccc1. The molecule has 0 radical (unpaired) electrons. The van der Waals surface area contributed by atoms with Gasteiger partial charge in [0.2, 0.25) is 0 Å². The van der Waals surface area contributed by atoms with Crippen LogP contribution < -0.4 is 4.90 Å². The molecule has 1 aliphatic rings. The molecule has 0 saturated carbocycles. The fourth-order valence-electron chi connectivity index (χ4n) is 5.30. The predicted octanol–water partition coefficient (Wildman–Crippen LogP) is 6.24. The van der Waals surface area contributed by atoms with Crippen LogP contribution in [0, 0.1) is 13.8 Å². The molecule has 1 unspecified atom stereocenters. The second-order valence-corrected chi connectivity index (χ2v) is 9.07. The first-order chi connectivity index (χ1) is 15.4. The summed E-state index contributed by atoms with van der Waals surface area (Å²) in [6, 6.07) is 20.7. The number of aryl methyl sites for hydroxylation is 1. The monoisotopic (exact) mass is 444 g/mol. The van der Waals surface area contributed by atoms with Crippen molar-refractivity contribution in [3.63, 3.8) is 0 Å². The third kappa shape index (κ3) is 3.18. The normalized spacial score (nSPS) is 15.4. The number of nitrogens with zero attached hydrogens (tertiary/aromatic N) is 2. The van der Waals surface area contributed by atoms with Crippen LogP contribution in [0.4, 0.5) is 5.69 Å². The number of hydrogen-bond acceptors (Lipinski definition) is 2. The second-order valence-electron chi connectivity index (χ2n) is 8.63. The smallest absolute Gasteiger partial charge is 0.307 e. The van der Waals surface area contributed by atoms with Crippen molar-refractivity contribution in [3.05, 3.63) is 88.1 Å². The van der Waals surface area contributed by atoms with Gasteiger partial charge in [0.25, 0.3) is 0 Å². The number of rotatable bonds is 4. The standard InChI is InChI=1S/C27H25ClN2O2/c1-16-13-22-25(19-9-11-20(28)12-10-19)21(14-24(31)32)17(2)26-27(22)30(16)23(15-29(26)3)18-7-5-4-6-8-18/h4-13,23H,14-15H2,1-3H3,(H,31,32). The van der Waals surface area contributed by atoms with E-state index in [1.54, 1.807) is 0 Å². The Bertz CT molecular complexity index is 1340. The lowest BCUT2D eigenvalue weighted by Crippen LogP contribution is -2.34. The van der Waals surface area contributed by atoms with Crippen molar-refractivity contribution in [2.75, 3.05) is 18.5 Å². The van der Waals surface area contributed by atoms with Crippen LogP contribution in [0.15, 0.2) is 60.7 Å². The second kappa shape index (κ2) is 7.72. The van der Waals surface area contributed by atoms with Crippen LogP contribution in [-0.2, 0) is 11.2 Å². The topological polar surface area (TPSA) is 45.5 Å². The minimum absolute atomic E-state index is 0.0209. The highest BCUT2D eigenvalue weighted by Gasteiger charge is 2.32. The van der Waals surface area contributed by atoms with Crippen molar-refractivity contribution < 1.29 is 9.90 Å². The quantitative estimate of drug-likeness (QED) is 0.405. The lowest BCUT2D eigenvalue weighted by Gasteiger charge is -2.37. The number of carbonyl (C=O) groups is 1. The van der Waals surface area contributed by atoms with E-state index >= 15 is 0 Å². The van der Waals surface area contributed by atoms with Crippen molar-refractivity contribution in [3.8, 4) is 11.1 Å². The van der Waals surface area contributed by atoms with Crippen molar-refractivity contribution in [1.82, 2.24) is 4.57 Å². The molecule has 0 spiro atoms. The summed E-state index contributed by atoms with van der Waals surface area (Å²) in [6.45, 7) is 5.02. The molecule has 2 heterocycles. The van der Waals surface area contributed by atoms with E-state index in [0.29, 0.717) is 5.02 Å². The molecule has 0 fully saturated rings. The average molecular weight is 445 g/mol. The zero-order valence-corrected chi connectivity index (χ0v) is 19.1. The molecule has 0 amide bonds. The number of carboxylic acid groups (broad SMARTS) is 1. The van der Waals surface area contributed by atoms with Gasteiger partial charge in [-0.3, -0.25) is 4.79 Å². The van der Waals surface area contributed by atoms with E-state index in [9.17, 15) is 9.90 Å². The maximum atomic E-state index is 11.9. The summed E-state index contributed by atoms with van der Waals surface area (Å²) in [4.78, 5) is 14.1. The van der Waals surface area contributed by atoms with E-state index in [1.165, 1.54) is 16.8 Å². The van der Waals surface area contributed by atoms with Gasteiger partial charge in [-0.1, -0.05) is 54.1 Å². The maximum Gasteiger partial charge on any atom is 0.307 e. The Labute approximate surface area is 192 Å². The van der Waals surface area contributed by atoms with Crippen LogP contribution in [0.1, 0.15) is 28.4 Å². The molecule has 0 saturated heterocycles. The average Bonchev–Trinajstić information content (AvgIpc) is 3.10. The number of aromatic nitrogens is 1. The Morgan fingerprint density at radius 2 is 1.78 bits per heavy atom.